The van der Waals surface area contributed by atoms with Crippen LogP contribution in [0.2, 0.25) is 0 Å². The van der Waals surface area contributed by atoms with Crippen LogP contribution >= 0.6 is 0 Å². The number of para-hydroxylation sites is 1. The molecule has 1 atom stereocenters. The number of hydrogen-bond donors (Lipinski definition) is 1. The van der Waals surface area contributed by atoms with Crippen molar-refractivity contribution >= 4 is 5.69 Å². The highest BCUT2D eigenvalue weighted by atomic mass is 19.1. The molecule has 1 aliphatic heterocycles. The minimum atomic E-state index is -0.130. The molecule has 0 aliphatic carbocycles. The second-order valence-electron chi connectivity index (χ2n) is 5.63. The van der Waals surface area contributed by atoms with Crippen molar-refractivity contribution in [2.24, 2.45) is 5.73 Å². The summed E-state index contributed by atoms with van der Waals surface area (Å²) in [5.74, 6) is 0.353. The maximum Gasteiger partial charge on any atom is 0.146 e. The summed E-state index contributed by atoms with van der Waals surface area (Å²) in [5.41, 5.74) is 8.77. The molecule has 21 heavy (non-hydrogen) atoms. The predicted octanol–water partition coefficient (Wildman–Crippen LogP) is 3.32. The summed E-state index contributed by atoms with van der Waals surface area (Å²) in [5, 5.41) is 0. The molecule has 0 amide bonds. The van der Waals surface area contributed by atoms with E-state index in [1.54, 1.807) is 12.1 Å². The molecule has 2 N–H and O–H groups in total. The van der Waals surface area contributed by atoms with Crippen molar-refractivity contribution in [1.82, 2.24) is 0 Å². The summed E-state index contributed by atoms with van der Waals surface area (Å²) in [4.78, 5) is 2.18. The molecule has 3 rings (SSSR count). The molecule has 3 heteroatoms. The van der Waals surface area contributed by atoms with Crippen molar-refractivity contribution in [1.29, 1.82) is 0 Å². The molecule has 0 radical (unpaired) electrons. The van der Waals surface area contributed by atoms with Crippen molar-refractivity contribution in [3.05, 3.63) is 65.5 Å². The average Bonchev–Trinajstić information content (AvgIpc) is 2.98. The van der Waals surface area contributed by atoms with Crippen molar-refractivity contribution < 1.29 is 4.39 Å². The molecule has 1 fully saturated rings. The summed E-state index contributed by atoms with van der Waals surface area (Å²) in [6, 6.07) is 15.8. The molecule has 0 aromatic heterocycles. The molecular formula is C18H21FN2. The first kappa shape index (κ1) is 14.1. The smallest absolute Gasteiger partial charge is 0.146 e. The maximum atomic E-state index is 14.3. The van der Waals surface area contributed by atoms with E-state index in [0.717, 1.165) is 37.2 Å². The van der Waals surface area contributed by atoms with Gasteiger partial charge in [-0.2, -0.15) is 0 Å². The first-order valence-corrected chi connectivity index (χ1v) is 7.57. The molecule has 0 saturated carbocycles. The van der Waals surface area contributed by atoms with Crippen LogP contribution in [-0.4, -0.2) is 19.6 Å². The van der Waals surface area contributed by atoms with E-state index in [9.17, 15) is 4.39 Å². The SMILES string of the molecule is NCCc1cccc(F)c1N1CCC(c2ccccc2)C1. The Morgan fingerprint density at radius 1 is 1.10 bits per heavy atom. The third kappa shape index (κ3) is 2.93. The molecular weight excluding hydrogens is 263 g/mol. The Morgan fingerprint density at radius 3 is 2.67 bits per heavy atom. The van der Waals surface area contributed by atoms with Gasteiger partial charge in [0.1, 0.15) is 5.82 Å². The van der Waals surface area contributed by atoms with Crippen LogP contribution in [0.25, 0.3) is 0 Å². The van der Waals surface area contributed by atoms with Crippen LogP contribution in [0.5, 0.6) is 0 Å². The van der Waals surface area contributed by atoms with Crippen molar-refractivity contribution in [2.45, 2.75) is 18.8 Å². The first-order valence-electron chi connectivity index (χ1n) is 7.57. The van der Waals surface area contributed by atoms with Gasteiger partial charge < -0.3 is 10.6 Å². The number of nitrogens with zero attached hydrogens (tertiary/aromatic N) is 1. The zero-order valence-corrected chi connectivity index (χ0v) is 12.1. The number of nitrogens with two attached hydrogens (primary N) is 1. The minimum absolute atomic E-state index is 0.130. The Hall–Kier alpha value is -1.87. The number of hydrogen-bond acceptors (Lipinski definition) is 2. The highest BCUT2D eigenvalue weighted by Gasteiger charge is 2.26. The average molecular weight is 284 g/mol. The molecule has 0 bridgehead atoms. The molecule has 1 aliphatic rings. The topological polar surface area (TPSA) is 29.3 Å². The van der Waals surface area contributed by atoms with Crippen LogP contribution in [0.15, 0.2) is 48.5 Å². The van der Waals surface area contributed by atoms with E-state index in [1.165, 1.54) is 5.56 Å². The van der Waals surface area contributed by atoms with Crippen LogP contribution in [0.4, 0.5) is 10.1 Å². The van der Waals surface area contributed by atoms with E-state index >= 15 is 0 Å². The molecule has 2 aromatic rings. The van der Waals surface area contributed by atoms with E-state index in [-0.39, 0.29) is 5.82 Å². The Morgan fingerprint density at radius 2 is 1.90 bits per heavy atom. The molecule has 1 unspecified atom stereocenters. The fraction of sp³-hybridized carbons (Fsp3) is 0.333. The zero-order chi connectivity index (χ0) is 14.7. The second kappa shape index (κ2) is 6.27. The minimum Gasteiger partial charge on any atom is -0.368 e. The highest BCUT2D eigenvalue weighted by molar-refractivity contribution is 5.56. The fourth-order valence-electron chi connectivity index (χ4n) is 3.23. The quantitative estimate of drug-likeness (QED) is 0.933. The number of benzene rings is 2. The number of rotatable bonds is 4. The van der Waals surface area contributed by atoms with Gasteiger partial charge in [-0.25, -0.2) is 4.39 Å². The van der Waals surface area contributed by atoms with E-state index in [1.807, 2.05) is 12.1 Å². The fourth-order valence-corrected chi connectivity index (χ4v) is 3.23. The first-order chi connectivity index (χ1) is 10.3. The van der Waals surface area contributed by atoms with E-state index in [0.29, 0.717) is 12.5 Å². The monoisotopic (exact) mass is 284 g/mol. The molecule has 1 saturated heterocycles. The Labute approximate surface area is 125 Å². The van der Waals surface area contributed by atoms with Gasteiger partial charge in [0.2, 0.25) is 0 Å². The van der Waals surface area contributed by atoms with Gasteiger partial charge in [0.05, 0.1) is 5.69 Å². The van der Waals surface area contributed by atoms with E-state index in [4.69, 9.17) is 5.73 Å². The van der Waals surface area contributed by atoms with E-state index < -0.39 is 0 Å². The maximum absolute atomic E-state index is 14.3. The highest BCUT2D eigenvalue weighted by Crippen LogP contribution is 2.34. The van der Waals surface area contributed by atoms with Gasteiger partial charge in [-0.05, 0) is 36.6 Å². The molecule has 110 valence electrons. The van der Waals surface area contributed by atoms with E-state index in [2.05, 4.69) is 29.2 Å². The van der Waals surface area contributed by atoms with Gasteiger partial charge in [0, 0.05) is 19.0 Å². The van der Waals surface area contributed by atoms with Gasteiger partial charge in [-0.1, -0.05) is 42.5 Å². The van der Waals surface area contributed by atoms with Crippen LogP contribution in [0.1, 0.15) is 23.5 Å². The number of anilines is 1. The van der Waals surface area contributed by atoms with Crippen LogP contribution in [0, 0.1) is 5.82 Å². The zero-order valence-electron chi connectivity index (χ0n) is 12.1. The Kier molecular flexibility index (Phi) is 4.20. The summed E-state index contributed by atoms with van der Waals surface area (Å²) in [6.45, 7) is 2.33. The summed E-state index contributed by atoms with van der Waals surface area (Å²) >= 11 is 0. The third-order valence-corrected chi connectivity index (χ3v) is 4.26. The molecule has 2 aromatic carbocycles. The lowest BCUT2D eigenvalue weighted by Crippen LogP contribution is -2.22. The molecule has 2 nitrogen and oxygen atoms in total. The predicted molar refractivity (Wildman–Crippen MR) is 85.2 cm³/mol. The van der Waals surface area contributed by atoms with Gasteiger partial charge in [-0.15, -0.1) is 0 Å². The Bertz CT molecular complexity index is 597. The molecule has 1 heterocycles. The lowest BCUT2D eigenvalue weighted by atomic mass is 9.99. The Balaban J connectivity index is 1.83. The summed E-state index contributed by atoms with van der Waals surface area (Å²) in [7, 11) is 0. The summed E-state index contributed by atoms with van der Waals surface area (Å²) < 4.78 is 14.3. The van der Waals surface area contributed by atoms with Crippen molar-refractivity contribution in [2.75, 3.05) is 24.5 Å². The van der Waals surface area contributed by atoms with Gasteiger partial charge in [0.15, 0.2) is 0 Å². The van der Waals surface area contributed by atoms with Crippen LogP contribution in [0.3, 0.4) is 0 Å². The van der Waals surface area contributed by atoms with Gasteiger partial charge >= 0.3 is 0 Å². The van der Waals surface area contributed by atoms with Crippen LogP contribution in [-0.2, 0) is 6.42 Å². The second-order valence-corrected chi connectivity index (χ2v) is 5.63. The van der Waals surface area contributed by atoms with Gasteiger partial charge in [0.25, 0.3) is 0 Å². The largest absolute Gasteiger partial charge is 0.368 e. The summed E-state index contributed by atoms with van der Waals surface area (Å²) in [6.07, 6.45) is 1.79. The van der Waals surface area contributed by atoms with Gasteiger partial charge in [-0.3, -0.25) is 0 Å². The third-order valence-electron chi connectivity index (χ3n) is 4.26. The lowest BCUT2D eigenvalue weighted by Gasteiger charge is -2.23. The van der Waals surface area contributed by atoms with Crippen LogP contribution < -0.4 is 10.6 Å². The number of halogens is 1. The standard InChI is InChI=1S/C18H21FN2/c19-17-8-4-7-15(9-11-20)18(17)21-12-10-16(13-21)14-5-2-1-3-6-14/h1-8,16H,9-13,20H2. The van der Waals surface area contributed by atoms with Crippen molar-refractivity contribution in [3.8, 4) is 0 Å². The molecule has 0 spiro atoms. The normalized spacial score (nSPS) is 18.2. The lowest BCUT2D eigenvalue weighted by molar-refractivity contribution is 0.619. The van der Waals surface area contributed by atoms with Crippen molar-refractivity contribution in [3.63, 3.8) is 0 Å².